The third kappa shape index (κ3) is 3.72. The molecule has 3 rings (SSSR count). The van der Waals surface area contributed by atoms with Gasteiger partial charge in [-0.05, 0) is 48.5 Å². The summed E-state index contributed by atoms with van der Waals surface area (Å²) in [5.74, 6) is -0.602. The van der Waals surface area contributed by atoms with Gasteiger partial charge in [0.25, 0.3) is 5.91 Å². The van der Waals surface area contributed by atoms with E-state index in [1.54, 1.807) is 6.07 Å². The third-order valence-electron chi connectivity index (χ3n) is 3.35. The first-order chi connectivity index (χ1) is 11.8. The lowest BCUT2D eigenvalue weighted by Gasteiger charge is -2.09. The number of rotatable bonds is 4. The molecule has 0 aliphatic rings. The lowest BCUT2D eigenvalue weighted by Crippen LogP contribution is -2.15. The molecule has 0 bridgehead atoms. The van der Waals surface area contributed by atoms with E-state index in [0.717, 1.165) is 12.1 Å². The van der Waals surface area contributed by atoms with E-state index in [4.69, 9.17) is 0 Å². The van der Waals surface area contributed by atoms with E-state index in [2.05, 4.69) is 10.4 Å². The van der Waals surface area contributed by atoms with Gasteiger partial charge in [-0.3, -0.25) is 4.79 Å². The molecule has 0 saturated carbocycles. The zero-order valence-corrected chi connectivity index (χ0v) is 13.4. The number of hydrogen-bond acceptors (Lipinski definition) is 4. The summed E-state index contributed by atoms with van der Waals surface area (Å²) in [5, 5.41) is 6.66. The highest BCUT2D eigenvalue weighted by Crippen LogP contribution is 2.17. The van der Waals surface area contributed by atoms with Crippen molar-refractivity contribution in [1.82, 2.24) is 9.78 Å². The van der Waals surface area contributed by atoms with Crippen molar-refractivity contribution < 1.29 is 21.5 Å². The molecule has 3 aromatic rings. The van der Waals surface area contributed by atoms with Crippen LogP contribution in [-0.2, 0) is 10.2 Å². The van der Waals surface area contributed by atoms with Crippen molar-refractivity contribution in [2.24, 2.45) is 0 Å². The average molecular weight is 363 g/mol. The van der Waals surface area contributed by atoms with E-state index < -0.39 is 26.8 Å². The van der Waals surface area contributed by atoms with E-state index in [1.165, 1.54) is 47.3 Å². The van der Waals surface area contributed by atoms with Gasteiger partial charge in [0.05, 0.1) is 16.8 Å². The van der Waals surface area contributed by atoms with E-state index in [9.17, 15) is 21.5 Å². The fraction of sp³-hybridized carbons (Fsp3) is 0. The predicted molar refractivity (Wildman–Crippen MR) is 86.2 cm³/mol. The Bertz CT molecular complexity index is 1010. The second kappa shape index (κ2) is 6.44. The number of benzene rings is 2. The molecule has 0 fully saturated rings. The number of hydrogen-bond donors (Lipinski definition) is 1. The summed E-state index contributed by atoms with van der Waals surface area (Å²) in [6.07, 6.45) is 1.46. The molecular formula is C16H11F2N3O3S. The van der Waals surface area contributed by atoms with Crippen molar-refractivity contribution in [3.05, 3.63) is 72.2 Å². The standard InChI is InChI=1S/C16H11F2N3O3S/c17-12-3-5-13(6-4-12)21-15(9-10-19-21)20-16(22)11-1-7-14(8-2-11)25(18,23)24/h1-10H,(H,20,22). The summed E-state index contributed by atoms with van der Waals surface area (Å²) < 4.78 is 48.9. The summed E-state index contributed by atoms with van der Waals surface area (Å²) in [4.78, 5) is 11.7. The van der Waals surface area contributed by atoms with Crippen LogP contribution in [0.15, 0.2) is 65.7 Å². The Morgan fingerprint density at radius 2 is 1.64 bits per heavy atom. The number of carbonyl (C=O) groups is 1. The van der Waals surface area contributed by atoms with Gasteiger partial charge in [-0.25, -0.2) is 9.07 Å². The maximum absolute atomic E-state index is 13.0. The zero-order chi connectivity index (χ0) is 18.0. The Hall–Kier alpha value is -3.07. The van der Waals surface area contributed by atoms with Crippen LogP contribution in [0, 0.1) is 5.82 Å². The minimum atomic E-state index is -4.82. The molecule has 0 unspecified atom stereocenters. The Kier molecular flexibility index (Phi) is 4.32. The molecule has 0 radical (unpaired) electrons. The quantitative estimate of drug-likeness (QED) is 0.723. The Morgan fingerprint density at radius 3 is 2.24 bits per heavy atom. The van der Waals surface area contributed by atoms with Crippen LogP contribution >= 0.6 is 0 Å². The number of halogens is 2. The molecule has 1 amide bonds. The van der Waals surface area contributed by atoms with Gasteiger partial charge in [-0.2, -0.15) is 13.5 Å². The largest absolute Gasteiger partial charge is 0.332 e. The summed E-state index contributed by atoms with van der Waals surface area (Å²) >= 11 is 0. The van der Waals surface area contributed by atoms with Crippen LogP contribution in [-0.4, -0.2) is 24.1 Å². The third-order valence-corrected chi connectivity index (χ3v) is 4.19. The topological polar surface area (TPSA) is 81.1 Å². The monoisotopic (exact) mass is 363 g/mol. The molecule has 1 N–H and O–H groups in total. The minimum Gasteiger partial charge on any atom is -0.306 e. The molecule has 0 aliphatic carbocycles. The zero-order valence-electron chi connectivity index (χ0n) is 12.6. The number of anilines is 1. The number of aromatic nitrogens is 2. The molecule has 1 heterocycles. The number of nitrogens with zero attached hydrogens (tertiary/aromatic N) is 2. The van der Waals surface area contributed by atoms with Crippen molar-refractivity contribution in [2.45, 2.75) is 4.90 Å². The fourth-order valence-electron chi connectivity index (χ4n) is 2.14. The number of amides is 1. The molecule has 6 nitrogen and oxygen atoms in total. The molecule has 0 aliphatic heterocycles. The molecule has 0 spiro atoms. The van der Waals surface area contributed by atoms with Gasteiger partial charge in [0.1, 0.15) is 11.6 Å². The van der Waals surface area contributed by atoms with Crippen LogP contribution in [0.1, 0.15) is 10.4 Å². The van der Waals surface area contributed by atoms with E-state index in [0.29, 0.717) is 11.5 Å². The maximum atomic E-state index is 13.0. The molecule has 2 aromatic carbocycles. The molecule has 0 atom stereocenters. The first kappa shape index (κ1) is 16.8. The van der Waals surface area contributed by atoms with E-state index in [1.807, 2.05) is 0 Å². The van der Waals surface area contributed by atoms with Gasteiger partial charge < -0.3 is 5.32 Å². The highest BCUT2D eigenvalue weighted by atomic mass is 32.3. The second-order valence-corrected chi connectivity index (χ2v) is 6.37. The van der Waals surface area contributed by atoms with Crippen LogP contribution in [0.5, 0.6) is 0 Å². The second-order valence-electron chi connectivity index (χ2n) is 5.02. The van der Waals surface area contributed by atoms with Crippen molar-refractivity contribution >= 4 is 21.9 Å². The summed E-state index contributed by atoms with van der Waals surface area (Å²) in [6, 6.07) is 11.5. The predicted octanol–water partition coefficient (Wildman–Crippen LogP) is 2.92. The highest BCUT2D eigenvalue weighted by Gasteiger charge is 2.14. The first-order valence-corrected chi connectivity index (χ1v) is 8.39. The van der Waals surface area contributed by atoms with Crippen LogP contribution in [0.25, 0.3) is 5.69 Å². The summed E-state index contributed by atoms with van der Waals surface area (Å²) in [6.45, 7) is 0. The molecule has 128 valence electrons. The van der Waals surface area contributed by atoms with Crippen LogP contribution in [0.4, 0.5) is 14.1 Å². The SMILES string of the molecule is O=C(Nc1ccnn1-c1ccc(F)cc1)c1ccc(S(=O)(=O)F)cc1. The van der Waals surface area contributed by atoms with Crippen molar-refractivity contribution in [2.75, 3.05) is 5.32 Å². The van der Waals surface area contributed by atoms with Crippen molar-refractivity contribution in [3.63, 3.8) is 0 Å². The van der Waals surface area contributed by atoms with Gasteiger partial charge in [0.15, 0.2) is 0 Å². The first-order valence-electron chi connectivity index (χ1n) is 7.01. The lowest BCUT2D eigenvalue weighted by molar-refractivity contribution is 0.102. The van der Waals surface area contributed by atoms with Crippen molar-refractivity contribution in [1.29, 1.82) is 0 Å². The molecular weight excluding hydrogens is 352 g/mol. The Labute approximate surface area is 141 Å². The van der Waals surface area contributed by atoms with Gasteiger partial charge in [-0.1, -0.05) is 0 Å². The summed E-state index contributed by atoms with van der Waals surface area (Å²) in [7, 11) is -4.82. The van der Waals surface area contributed by atoms with Crippen LogP contribution < -0.4 is 5.32 Å². The van der Waals surface area contributed by atoms with Crippen molar-refractivity contribution in [3.8, 4) is 5.69 Å². The Morgan fingerprint density at radius 1 is 1.00 bits per heavy atom. The normalized spacial score (nSPS) is 11.3. The molecule has 9 heteroatoms. The number of nitrogens with one attached hydrogen (secondary N) is 1. The maximum Gasteiger partial charge on any atom is 0.332 e. The molecule has 25 heavy (non-hydrogen) atoms. The van der Waals surface area contributed by atoms with Gasteiger partial charge in [0, 0.05) is 11.6 Å². The molecule has 0 saturated heterocycles. The minimum absolute atomic E-state index is 0.138. The fourth-order valence-corrected chi connectivity index (χ4v) is 2.60. The Balaban J connectivity index is 1.82. The van der Waals surface area contributed by atoms with Gasteiger partial charge >= 0.3 is 10.2 Å². The number of carbonyl (C=O) groups excluding carboxylic acids is 1. The van der Waals surface area contributed by atoms with E-state index >= 15 is 0 Å². The molecule has 1 aromatic heterocycles. The van der Waals surface area contributed by atoms with Crippen LogP contribution in [0.3, 0.4) is 0 Å². The lowest BCUT2D eigenvalue weighted by atomic mass is 10.2. The van der Waals surface area contributed by atoms with Crippen LogP contribution in [0.2, 0.25) is 0 Å². The van der Waals surface area contributed by atoms with E-state index in [-0.39, 0.29) is 5.56 Å². The highest BCUT2D eigenvalue weighted by molar-refractivity contribution is 7.86. The van der Waals surface area contributed by atoms with Gasteiger partial charge in [-0.15, -0.1) is 3.89 Å². The smallest absolute Gasteiger partial charge is 0.306 e. The van der Waals surface area contributed by atoms with Gasteiger partial charge in [0.2, 0.25) is 0 Å². The average Bonchev–Trinajstić information content (AvgIpc) is 3.03. The summed E-state index contributed by atoms with van der Waals surface area (Å²) in [5.41, 5.74) is 0.680.